The van der Waals surface area contributed by atoms with Gasteiger partial charge in [-0.15, -0.1) is 0 Å². The highest BCUT2D eigenvalue weighted by atomic mass is 14.6. The van der Waals surface area contributed by atoms with Crippen molar-refractivity contribution < 1.29 is 0 Å². The molecule has 0 saturated heterocycles. The summed E-state index contributed by atoms with van der Waals surface area (Å²) in [4.78, 5) is 0. The van der Waals surface area contributed by atoms with E-state index < -0.39 is 0 Å². The van der Waals surface area contributed by atoms with E-state index in [9.17, 15) is 0 Å². The molecule has 1 unspecified atom stereocenters. The average molecular weight is 232 g/mol. The summed E-state index contributed by atoms with van der Waals surface area (Å²) in [6.07, 6.45) is 14.3. The van der Waals surface area contributed by atoms with Crippen LogP contribution in [0, 0.1) is 16.2 Å². The van der Waals surface area contributed by atoms with Crippen molar-refractivity contribution in [1.82, 2.24) is 0 Å². The first-order valence-electron chi connectivity index (χ1n) is 7.20. The van der Waals surface area contributed by atoms with Crippen molar-refractivity contribution in [1.29, 1.82) is 0 Å². The van der Waals surface area contributed by atoms with Gasteiger partial charge in [0.15, 0.2) is 0 Å². The van der Waals surface area contributed by atoms with Crippen LogP contribution in [0.25, 0.3) is 0 Å². The summed E-state index contributed by atoms with van der Waals surface area (Å²) < 4.78 is 0. The smallest absolute Gasteiger partial charge is 0.0103 e. The average Bonchev–Trinajstić information content (AvgIpc) is 2.60. The molecular formula is C17H28. The Bertz CT molecular complexity index is 345. The van der Waals surface area contributed by atoms with Crippen LogP contribution in [0.15, 0.2) is 23.8 Å². The van der Waals surface area contributed by atoms with Gasteiger partial charge < -0.3 is 0 Å². The lowest BCUT2D eigenvalue weighted by molar-refractivity contribution is -0.0325. The molecule has 0 heteroatoms. The quantitative estimate of drug-likeness (QED) is 0.559. The maximum Gasteiger partial charge on any atom is 0.0103 e. The van der Waals surface area contributed by atoms with Gasteiger partial charge in [-0.2, -0.15) is 0 Å². The molecule has 1 atom stereocenters. The minimum absolute atomic E-state index is 0.274. The molecule has 1 fully saturated rings. The fraction of sp³-hybridized carbons (Fsp3) is 0.765. The van der Waals surface area contributed by atoms with Crippen LogP contribution < -0.4 is 0 Å². The van der Waals surface area contributed by atoms with Crippen molar-refractivity contribution in [2.24, 2.45) is 16.2 Å². The van der Waals surface area contributed by atoms with Crippen LogP contribution in [0.3, 0.4) is 0 Å². The van der Waals surface area contributed by atoms with Crippen molar-refractivity contribution in [2.75, 3.05) is 0 Å². The Hall–Kier alpha value is -0.520. The first-order valence-corrected chi connectivity index (χ1v) is 7.20. The molecule has 0 aromatic heterocycles. The summed E-state index contributed by atoms with van der Waals surface area (Å²) in [5.41, 5.74) is 2.55. The predicted octanol–water partition coefficient (Wildman–Crippen LogP) is 5.51. The number of hydrogen-bond donors (Lipinski definition) is 0. The maximum absolute atomic E-state index is 2.52. The highest BCUT2D eigenvalue weighted by Crippen LogP contribution is 2.62. The molecule has 1 saturated carbocycles. The van der Waals surface area contributed by atoms with Crippen LogP contribution >= 0.6 is 0 Å². The lowest BCUT2D eigenvalue weighted by atomic mass is 9.48. The van der Waals surface area contributed by atoms with E-state index in [2.05, 4.69) is 52.8 Å². The van der Waals surface area contributed by atoms with Gasteiger partial charge in [0, 0.05) is 5.41 Å². The molecule has 0 heterocycles. The van der Waals surface area contributed by atoms with E-state index in [-0.39, 0.29) is 5.41 Å². The third-order valence-electron chi connectivity index (χ3n) is 5.39. The first-order chi connectivity index (χ1) is 7.81. The van der Waals surface area contributed by atoms with E-state index in [1.165, 1.54) is 37.7 Å². The Morgan fingerprint density at radius 2 is 1.65 bits per heavy atom. The van der Waals surface area contributed by atoms with Gasteiger partial charge in [0.25, 0.3) is 0 Å². The zero-order chi connectivity index (χ0) is 12.7. The van der Waals surface area contributed by atoms with Crippen molar-refractivity contribution in [3.8, 4) is 0 Å². The van der Waals surface area contributed by atoms with Gasteiger partial charge in [0.1, 0.15) is 0 Å². The monoisotopic (exact) mass is 232 g/mol. The Labute approximate surface area is 107 Å². The van der Waals surface area contributed by atoms with E-state index in [1.54, 1.807) is 0 Å². The molecule has 0 spiro atoms. The summed E-state index contributed by atoms with van der Waals surface area (Å²) in [7, 11) is 0. The Balaban J connectivity index is 2.45. The fourth-order valence-electron chi connectivity index (χ4n) is 4.42. The predicted molar refractivity (Wildman–Crippen MR) is 76.0 cm³/mol. The third kappa shape index (κ3) is 1.90. The summed E-state index contributed by atoms with van der Waals surface area (Å²) in [6, 6.07) is 0. The number of hydrogen-bond acceptors (Lipinski definition) is 0. The van der Waals surface area contributed by atoms with E-state index >= 15 is 0 Å². The van der Waals surface area contributed by atoms with Crippen LogP contribution in [-0.4, -0.2) is 0 Å². The van der Waals surface area contributed by atoms with Crippen LogP contribution in [-0.2, 0) is 0 Å². The molecule has 0 aromatic carbocycles. The van der Waals surface area contributed by atoms with E-state index in [4.69, 9.17) is 0 Å². The van der Waals surface area contributed by atoms with Gasteiger partial charge in [0.05, 0.1) is 0 Å². The molecule has 0 aliphatic heterocycles. The third-order valence-corrected chi connectivity index (χ3v) is 5.39. The summed E-state index contributed by atoms with van der Waals surface area (Å²) >= 11 is 0. The van der Waals surface area contributed by atoms with E-state index in [0.29, 0.717) is 10.8 Å². The van der Waals surface area contributed by atoms with E-state index in [0.717, 1.165) is 0 Å². The normalized spacial score (nSPS) is 32.6. The van der Waals surface area contributed by atoms with Gasteiger partial charge in [-0.05, 0) is 30.6 Å². The second-order valence-electron chi connectivity index (χ2n) is 7.40. The summed E-state index contributed by atoms with van der Waals surface area (Å²) in [5.74, 6) is 0. The largest absolute Gasteiger partial charge is 0.0740 e. The highest BCUT2D eigenvalue weighted by molar-refractivity contribution is 5.35. The molecular weight excluding hydrogens is 204 g/mol. The van der Waals surface area contributed by atoms with Gasteiger partial charge >= 0.3 is 0 Å². The number of rotatable bonds is 1. The highest BCUT2D eigenvalue weighted by Gasteiger charge is 2.53. The molecule has 2 aliphatic rings. The van der Waals surface area contributed by atoms with Crippen molar-refractivity contribution in [3.63, 3.8) is 0 Å². The van der Waals surface area contributed by atoms with Crippen LogP contribution in [0.1, 0.15) is 66.7 Å². The molecule has 17 heavy (non-hydrogen) atoms. The van der Waals surface area contributed by atoms with E-state index in [1.807, 2.05) is 0 Å². The van der Waals surface area contributed by atoms with Crippen LogP contribution in [0.5, 0.6) is 0 Å². The maximum atomic E-state index is 2.52. The Morgan fingerprint density at radius 3 is 2.06 bits per heavy atom. The molecule has 96 valence electrons. The van der Waals surface area contributed by atoms with Gasteiger partial charge in [-0.25, -0.2) is 0 Å². The Kier molecular flexibility index (Phi) is 3.04. The van der Waals surface area contributed by atoms with Crippen molar-refractivity contribution >= 4 is 0 Å². The second kappa shape index (κ2) is 4.00. The molecule has 0 bridgehead atoms. The van der Waals surface area contributed by atoms with Crippen molar-refractivity contribution in [3.05, 3.63) is 23.8 Å². The molecule has 0 nitrogen and oxygen atoms in total. The molecule has 0 N–H and O–H groups in total. The van der Waals surface area contributed by atoms with Gasteiger partial charge in [-0.1, -0.05) is 70.8 Å². The van der Waals surface area contributed by atoms with Crippen molar-refractivity contribution in [2.45, 2.75) is 66.7 Å². The van der Waals surface area contributed by atoms with Crippen LogP contribution in [0.2, 0.25) is 0 Å². The lowest BCUT2D eigenvalue weighted by Crippen LogP contribution is -2.48. The molecule has 2 rings (SSSR count). The van der Waals surface area contributed by atoms with Gasteiger partial charge in [0.2, 0.25) is 0 Å². The second-order valence-corrected chi connectivity index (χ2v) is 7.40. The minimum atomic E-state index is 0.274. The van der Waals surface area contributed by atoms with Gasteiger partial charge in [-0.3, -0.25) is 0 Å². The topological polar surface area (TPSA) is 0 Å². The summed E-state index contributed by atoms with van der Waals surface area (Å²) in [5, 5.41) is 0. The first kappa shape index (κ1) is 12.9. The van der Waals surface area contributed by atoms with Crippen LogP contribution in [0.4, 0.5) is 0 Å². The Morgan fingerprint density at radius 1 is 1.06 bits per heavy atom. The lowest BCUT2D eigenvalue weighted by Gasteiger charge is -2.56. The fourth-order valence-corrected chi connectivity index (χ4v) is 4.42. The minimum Gasteiger partial charge on any atom is -0.0740 e. The molecule has 0 amide bonds. The zero-order valence-electron chi connectivity index (χ0n) is 12.3. The molecule has 0 aromatic rings. The number of allylic oxidation sites excluding steroid dienone is 4. The molecule has 0 radical (unpaired) electrons. The SMILES string of the molecule is CC1=CC(C)(C2(C(C)(C)C)CCCCC2)C=C1. The zero-order valence-corrected chi connectivity index (χ0v) is 12.3. The molecule has 2 aliphatic carbocycles. The summed E-state index contributed by atoms with van der Waals surface area (Å²) in [6.45, 7) is 12.0. The standard InChI is InChI=1S/C17H28/c1-14-9-12-16(5,13-14)17(15(2,3)4)10-7-6-8-11-17/h9,12-13H,6-8,10-11H2,1-5H3.